The minimum absolute atomic E-state index is 0.118. The molecule has 2 aromatic carbocycles. The fraction of sp³-hybridized carbons (Fsp3) is 0.200. The molecule has 0 atom stereocenters. The van der Waals surface area contributed by atoms with Crippen molar-refractivity contribution in [2.75, 3.05) is 21.3 Å². The van der Waals surface area contributed by atoms with Gasteiger partial charge in [0.1, 0.15) is 11.6 Å². The standard InChI is InChI=1S/C30H28N4O5/c1-18-28(30(36)34(29(18)31)16-19-8-10-24(37-2)26(13-19)39-4)22-14-20-9-11-27(35)33(23(20)15-25(22)38-3)17-21-7-5-6-12-32-21/h5-15,31H,16-17H2,1-4H3. The highest BCUT2D eigenvalue weighted by Gasteiger charge is 2.35. The molecule has 9 nitrogen and oxygen atoms in total. The van der Waals surface area contributed by atoms with Gasteiger partial charge in [-0.05, 0) is 54.3 Å². The van der Waals surface area contributed by atoms with Crippen molar-refractivity contribution < 1.29 is 19.0 Å². The van der Waals surface area contributed by atoms with Gasteiger partial charge < -0.3 is 18.8 Å². The second kappa shape index (κ2) is 10.4. The lowest BCUT2D eigenvalue weighted by atomic mass is 9.98. The minimum Gasteiger partial charge on any atom is -0.496 e. The second-order valence-electron chi connectivity index (χ2n) is 9.12. The number of hydrogen-bond acceptors (Lipinski definition) is 7. The number of benzene rings is 2. The Morgan fingerprint density at radius 2 is 1.62 bits per heavy atom. The zero-order chi connectivity index (χ0) is 27.7. The Hall–Kier alpha value is -4.92. The number of rotatable bonds is 8. The Balaban J connectivity index is 1.54. The molecule has 0 spiro atoms. The summed E-state index contributed by atoms with van der Waals surface area (Å²) in [6, 6.07) is 17.8. The van der Waals surface area contributed by atoms with Crippen LogP contribution in [0.5, 0.6) is 17.2 Å². The third-order valence-electron chi connectivity index (χ3n) is 6.87. The number of carbonyl (C=O) groups excluding carboxylic acids is 1. The predicted molar refractivity (Wildman–Crippen MR) is 149 cm³/mol. The fourth-order valence-electron chi connectivity index (χ4n) is 4.85. The highest BCUT2D eigenvalue weighted by atomic mass is 16.5. The Labute approximate surface area is 225 Å². The maximum Gasteiger partial charge on any atom is 0.260 e. The highest BCUT2D eigenvalue weighted by Crippen LogP contribution is 2.38. The predicted octanol–water partition coefficient (Wildman–Crippen LogP) is 4.26. The third-order valence-corrected chi connectivity index (χ3v) is 6.87. The van der Waals surface area contributed by atoms with E-state index in [1.807, 2.05) is 30.3 Å². The summed E-state index contributed by atoms with van der Waals surface area (Å²) in [7, 11) is 4.64. The van der Waals surface area contributed by atoms with Gasteiger partial charge in [0.25, 0.3) is 11.5 Å². The van der Waals surface area contributed by atoms with Gasteiger partial charge in [-0.1, -0.05) is 12.1 Å². The molecular formula is C30H28N4O5. The number of fused-ring (bicyclic) bond motifs is 1. The smallest absolute Gasteiger partial charge is 0.260 e. The van der Waals surface area contributed by atoms with Gasteiger partial charge in [-0.25, -0.2) is 0 Å². The number of aromatic nitrogens is 2. The van der Waals surface area contributed by atoms with Crippen molar-refractivity contribution in [2.45, 2.75) is 20.0 Å². The van der Waals surface area contributed by atoms with Gasteiger partial charge in [0.2, 0.25) is 0 Å². The van der Waals surface area contributed by atoms with E-state index in [0.717, 1.165) is 16.6 Å². The van der Waals surface area contributed by atoms with Crippen molar-refractivity contribution in [1.82, 2.24) is 14.5 Å². The Morgan fingerprint density at radius 1 is 0.846 bits per heavy atom. The first-order chi connectivity index (χ1) is 18.9. The Kier molecular flexibility index (Phi) is 6.89. The first-order valence-corrected chi connectivity index (χ1v) is 12.3. The van der Waals surface area contributed by atoms with E-state index in [1.165, 1.54) is 18.1 Å². The van der Waals surface area contributed by atoms with Crippen LogP contribution in [0.2, 0.25) is 0 Å². The van der Waals surface area contributed by atoms with Crippen LogP contribution in [0, 0.1) is 5.41 Å². The van der Waals surface area contributed by atoms with Crippen LogP contribution in [0.25, 0.3) is 16.5 Å². The quantitative estimate of drug-likeness (QED) is 0.369. The molecule has 0 saturated heterocycles. The Morgan fingerprint density at radius 3 is 2.31 bits per heavy atom. The lowest BCUT2D eigenvalue weighted by Crippen LogP contribution is -2.30. The van der Waals surface area contributed by atoms with E-state index in [4.69, 9.17) is 19.6 Å². The van der Waals surface area contributed by atoms with E-state index in [-0.39, 0.29) is 23.8 Å². The largest absolute Gasteiger partial charge is 0.496 e. The van der Waals surface area contributed by atoms with Crippen LogP contribution in [0.1, 0.15) is 23.7 Å². The maximum absolute atomic E-state index is 13.7. The van der Waals surface area contributed by atoms with E-state index in [2.05, 4.69) is 4.98 Å². The number of methoxy groups -OCH3 is 3. The molecule has 9 heteroatoms. The van der Waals surface area contributed by atoms with Gasteiger partial charge in [-0.3, -0.25) is 24.9 Å². The van der Waals surface area contributed by atoms with Gasteiger partial charge >= 0.3 is 0 Å². The lowest BCUT2D eigenvalue weighted by molar-refractivity contribution is -0.121. The van der Waals surface area contributed by atoms with Gasteiger partial charge in [-0.2, -0.15) is 0 Å². The zero-order valence-corrected chi connectivity index (χ0v) is 22.1. The first kappa shape index (κ1) is 25.7. The van der Waals surface area contributed by atoms with Crippen LogP contribution >= 0.6 is 0 Å². The van der Waals surface area contributed by atoms with Gasteiger partial charge in [0.05, 0.1) is 51.2 Å². The topological polar surface area (TPSA) is 107 Å². The van der Waals surface area contributed by atoms with Crippen LogP contribution in [0.3, 0.4) is 0 Å². The summed E-state index contributed by atoms with van der Waals surface area (Å²) in [6.45, 7) is 2.25. The number of hydrogen-bond donors (Lipinski definition) is 1. The van der Waals surface area contributed by atoms with Gasteiger partial charge in [0.15, 0.2) is 11.5 Å². The number of nitrogens with one attached hydrogen (secondary N) is 1. The second-order valence-corrected chi connectivity index (χ2v) is 9.12. The lowest BCUT2D eigenvalue weighted by Gasteiger charge is -2.19. The number of ether oxygens (including phenoxy) is 3. The van der Waals surface area contributed by atoms with E-state index >= 15 is 0 Å². The van der Waals surface area contributed by atoms with Crippen molar-refractivity contribution in [3.8, 4) is 17.2 Å². The van der Waals surface area contributed by atoms with Crippen LogP contribution < -0.4 is 19.8 Å². The van der Waals surface area contributed by atoms with E-state index < -0.39 is 0 Å². The molecule has 198 valence electrons. The molecule has 2 aromatic heterocycles. The summed E-state index contributed by atoms with van der Waals surface area (Å²) in [6.07, 6.45) is 1.69. The SMILES string of the molecule is COc1ccc(CN2C(=N)C(C)=C(c3cc4ccc(=O)n(Cc5ccccn5)c4cc3OC)C2=O)cc1OC. The number of amidine groups is 1. The molecule has 1 N–H and O–H groups in total. The molecule has 0 unspecified atom stereocenters. The molecule has 1 aliphatic heterocycles. The van der Waals surface area contributed by atoms with E-state index in [0.29, 0.717) is 46.0 Å². The number of pyridine rings is 2. The summed E-state index contributed by atoms with van der Waals surface area (Å²) in [4.78, 5) is 32.3. The van der Waals surface area contributed by atoms with Crippen molar-refractivity contribution in [1.29, 1.82) is 5.41 Å². The molecule has 3 heterocycles. The van der Waals surface area contributed by atoms with E-state index in [9.17, 15) is 9.59 Å². The van der Waals surface area contributed by atoms with Crippen molar-refractivity contribution in [3.05, 3.63) is 99.6 Å². The minimum atomic E-state index is -0.299. The summed E-state index contributed by atoms with van der Waals surface area (Å²) in [5, 5.41) is 9.49. The number of carbonyl (C=O) groups is 1. The zero-order valence-electron chi connectivity index (χ0n) is 22.1. The van der Waals surface area contributed by atoms with Crippen molar-refractivity contribution in [3.63, 3.8) is 0 Å². The molecule has 0 aliphatic carbocycles. The van der Waals surface area contributed by atoms with Crippen LogP contribution in [0.15, 0.2) is 77.2 Å². The first-order valence-electron chi connectivity index (χ1n) is 12.3. The molecule has 0 saturated carbocycles. The Bertz CT molecular complexity index is 1690. The van der Waals surface area contributed by atoms with E-state index in [1.54, 1.807) is 56.2 Å². The molecule has 1 aliphatic rings. The summed E-state index contributed by atoms with van der Waals surface area (Å²) < 4.78 is 18.1. The normalized spacial score (nSPS) is 13.4. The summed E-state index contributed by atoms with van der Waals surface area (Å²) in [5.74, 6) is 1.39. The van der Waals surface area contributed by atoms with Crippen LogP contribution in [-0.4, -0.2) is 47.5 Å². The molecule has 4 aromatic rings. The molecule has 1 amide bonds. The monoisotopic (exact) mass is 524 g/mol. The number of nitrogens with zero attached hydrogens (tertiary/aromatic N) is 3. The van der Waals surface area contributed by atoms with Crippen molar-refractivity contribution >= 4 is 28.2 Å². The molecular weight excluding hydrogens is 496 g/mol. The van der Waals surface area contributed by atoms with Gasteiger partial charge in [0, 0.05) is 29.5 Å². The molecule has 5 rings (SSSR count). The molecule has 0 bridgehead atoms. The van der Waals surface area contributed by atoms with Crippen LogP contribution in [0.4, 0.5) is 0 Å². The summed E-state index contributed by atoms with van der Waals surface area (Å²) in [5.41, 5.74) is 3.53. The number of amides is 1. The highest BCUT2D eigenvalue weighted by molar-refractivity contribution is 6.36. The average Bonchev–Trinajstić information content (AvgIpc) is 3.17. The maximum atomic E-state index is 13.7. The average molecular weight is 525 g/mol. The molecule has 39 heavy (non-hydrogen) atoms. The van der Waals surface area contributed by atoms with Crippen LogP contribution in [-0.2, 0) is 17.9 Å². The summed E-state index contributed by atoms with van der Waals surface area (Å²) >= 11 is 0. The molecule has 0 radical (unpaired) electrons. The van der Waals surface area contributed by atoms with Crippen molar-refractivity contribution in [2.24, 2.45) is 0 Å². The third kappa shape index (κ3) is 4.63. The molecule has 0 fully saturated rings. The van der Waals surface area contributed by atoms with Gasteiger partial charge in [-0.15, -0.1) is 0 Å². The fourth-order valence-corrected chi connectivity index (χ4v) is 4.85.